The van der Waals surface area contributed by atoms with Gasteiger partial charge in [-0.3, -0.25) is 4.72 Å². The monoisotopic (exact) mass is 401 g/mol. The molecule has 0 spiro atoms. The number of hydrogen-bond donors (Lipinski definition) is 2. The first-order valence-electron chi connectivity index (χ1n) is 7.92. The van der Waals surface area contributed by atoms with Crippen molar-refractivity contribution < 1.29 is 13.2 Å². The molecule has 0 amide bonds. The second-order valence-electron chi connectivity index (χ2n) is 5.80. The van der Waals surface area contributed by atoms with Gasteiger partial charge in [-0.1, -0.05) is 12.1 Å². The molecule has 4 rings (SSSR count). The van der Waals surface area contributed by atoms with Gasteiger partial charge in [0.2, 0.25) is 5.82 Å². The van der Waals surface area contributed by atoms with Crippen molar-refractivity contribution in [3.05, 3.63) is 48.0 Å². The summed E-state index contributed by atoms with van der Waals surface area (Å²) in [5, 5.41) is 14.6. The number of anilines is 1. The van der Waals surface area contributed by atoms with E-state index in [1.165, 1.54) is 11.3 Å². The molecule has 0 unspecified atom stereocenters. The average Bonchev–Trinajstić information content (AvgIpc) is 3.30. The number of ether oxygens (including phenoxy) is 1. The lowest BCUT2D eigenvalue weighted by Gasteiger charge is -2.08. The topological polar surface area (TPSA) is 110 Å². The number of tetrazole rings is 1. The van der Waals surface area contributed by atoms with Crippen molar-refractivity contribution in [1.29, 1.82) is 0 Å². The van der Waals surface area contributed by atoms with Crippen molar-refractivity contribution in [1.82, 2.24) is 20.6 Å². The van der Waals surface area contributed by atoms with E-state index in [9.17, 15) is 8.42 Å². The highest BCUT2D eigenvalue weighted by Gasteiger charge is 2.22. The number of methoxy groups -OCH3 is 1. The number of thiophene rings is 1. The molecule has 0 aliphatic rings. The molecule has 0 aliphatic carbocycles. The van der Waals surface area contributed by atoms with Crippen LogP contribution < -0.4 is 9.46 Å². The molecule has 10 heteroatoms. The van der Waals surface area contributed by atoms with Crippen molar-refractivity contribution in [2.24, 2.45) is 0 Å². The molecule has 138 valence electrons. The number of aryl methyl sites for hydroxylation is 1. The molecular formula is C17H15N5O3S2. The number of nitrogens with zero attached hydrogens (tertiary/aromatic N) is 3. The van der Waals surface area contributed by atoms with E-state index in [-0.39, 0.29) is 4.21 Å². The van der Waals surface area contributed by atoms with E-state index in [4.69, 9.17) is 4.74 Å². The maximum atomic E-state index is 13.0. The summed E-state index contributed by atoms with van der Waals surface area (Å²) >= 11 is 1.23. The van der Waals surface area contributed by atoms with Crippen LogP contribution >= 0.6 is 11.3 Å². The maximum absolute atomic E-state index is 13.0. The minimum atomic E-state index is -3.75. The summed E-state index contributed by atoms with van der Waals surface area (Å²) < 4.78 is 35.0. The molecule has 0 saturated carbocycles. The van der Waals surface area contributed by atoms with Crippen LogP contribution in [0, 0.1) is 6.92 Å². The van der Waals surface area contributed by atoms with Crippen LogP contribution in [0.3, 0.4) is 0 Å². The van der Waals surface area contributed by atoms with Crippen LogP contribution in [0.2, 0.25) is 0 Å². The molecule has 0 atom stereocenters. The highest BCUT2D eigenvalue weighted by atomic mass is 32.2. The van der Waals surface area contributed by atoms with E-state index in [1.54, 1.807) is 38.3 Å². The molecule has 8 nitrogen and oxygen atoms in total. The van der Waals surface area contributed by atoms with Crippen LogP contribution in [-0.2, 0) is 10.0 Å². The summed E-state index contributed by atoms with van der Waals surface area (Å²) in [5.41, 5.74) is 1.77. The number of rotatable bonds is 5. The summed E-state index contributed by atoms with van der Waals surface area (Å²) in [6.07, 6.45) is 0. The number of aromatic nitrogens is 4. The largest absolute Gasteiger partial charge is 0.497 e. The Morgan fingerprint density at radius 3 is 2.78 bits per heavy atom. The predicted molar refractivity (Wildman–Crippen MR) is 104 cm³/mol. The zero-order valence-corrected chi connectivity index (χ0v) is 16.1. The average molecular weight is 401 g/mol. The van der Waals surface area contributed by atoms with Crippen LogP contribution in [0.1, 0.15) is 5.56 Å². The van der Waals surface area contributed by atoms with Crippen LogP contribution in [0.25, 0.3) is 21.5 Å². The van der Waals surface area contributed by atoms with Crippen molar-refractivity contribution in [3.63, 3.8) is 0 Å². The molecule has 0 fully saturated rings. The Kier molecular flexibility index (Phi) is 4.28. The third kappa shape index (κ3) is 3.24. The summed E-state index contributed by atoms with van der Waals surface area (Å²) in [6, 6.07) is 12.4. The quantitative estimate of drug-likeness (QED) is 0.531. The third-order valence-electron chi connectivity index (χ3n) is 4.06. The number of nitrogens with one attached hydrogen (secondary N) is 2. The first-order chi connectivity index (χ1) is 13.0. The molecule has 0 radical (unpaired) electrons. The lowest BCUT2D eigenvalue weighted by Crippen LogP contribution is -2.12. The fourth-order valence-corrected chi connectivity index (χ4v) is 5.57. The Morgan fingerprint density at radius 1 is 1.19 bits per heavy atom. The number of benzene rings is 2. The molecule has 0 bridgehead atoms. The van der Waals surface area contributed by atoms with E-state index in [0.717, 1.165) is 10.1 Å². The number of aromatic amines is 1. The zero-order chi connectivity index (χ0) is 19.0. The first kappa shape index (κ1) is 17.4. The second-order valence-corrected chi connectivity index (χ2v) is 8.73. The minimum Gasteiger partial charge on any atom is -0.497 e. The normalized spacial score (nSPS) is 11.6. The molecule has 27 heavy (non-hydrogen) atoms. The molecule has 2 aromatic carbocycles. The fraction of sp³-hybridized carbons (Fsp3) is 0.118. The van der Waals surface area contributed by atoms with Crippen molar-refractivity contribution in [3.8, 4) is 17.1 Å². The Hall–Kier alpha value is -2.98. The first-order valence-corrected chi connectivity index (χ1v) is 10.2. The third-order valence-corrected chi connectivity index (χ3v) is 7.34. The molecule has 2 aromatic heterocycles. The van der Waals surface area contributed by atoms with Gasteiger partial charge in [-0.2, -0.15) is 5.21 Å². The highest BCUT2D eigenvalue weighted by molar-refractivity contribution is 7.94. The SMILES string of the molecule is COc1ccc2sc(S(=O)(=O)Nc3cccc(-c4nn[nH]n4)c3)c(C)c2c1. The molecule has 4 aromatic rings. The summed E-state index contributed by atoms with van der Waals surface area (Å²) in [4.78, 5) is 0. The van der Waals surface area contributed by atoms with Gasteiger partial charge in [0.15, 0.2) is 0 Å². The molecule has 0 aliphatic heterocycles. The van der Waals surface area contributed by atoms with Gasteiger partial charge < -0.3 is 4.74 Å². The van der Waals surface area contributed by atoms with E-state index in [1.807, 2.05) is 18.2 Å². The summed E-state index contributed by atoms with van der Waals surface area (Å²) in [5.74, 6) is 1.08. The van der Waals surface area contributed by atoms with Crippen LogP contribution in [0.15, 0.2) is 46.7 Å². The highest BCUT2D eigenvalue weighted by Crippen LogP contribution is 2.37. The number of fused-ring (bicyclic) bond motifs is 1. The second kappa shape index (κ2) is 6.63. The van der Waals surface area contributed by atoms with Gasteiger partial charge in [0, 0.05) is 21.3 Å². The van der Waals surface area contributed by atoms with Crippen molar-refractivity contribution in [2.75, 3.05) is 11.8 Å². The fourth-order valence-electron chi connectivity index (χ4n) is 2.77. The predicted octanol–water partition coefficient (Wildman–Crippen LogP) is 3.20. The lowest BCUT2D eigenvalue weighted by atomic mass is 10.2. The minimum absolute atomic E-state index is 0.274. The Labute approximate surface area is 159 Å². The van der Waals surface area contributed by atoms with E-state index in [2.05, 4.69) is 25.3 Å². The zero-order valence-electron chi connectivity index (χ0n) is 14.4. The number of sulfonamides is 1. The molecule has 2 heterocycles. The lowest BCUT2D eigenvalue weighted by molar-refractivity contribution is 0.415. The van der Waals surface area contributed by atoms with Gasteiger partial charge in [0.1, 0.15) is 9.96 Å². The van der Waals surface area contributed by atoms with Gasteiger partial charge in [-0.05, 0) is 48.0 Å². The van der Waals surface area contributed by atoms with Gasteiger partial charge in [-0.25, -0.2) is 8.42 Å². The van der Waals surface area contributed by atoms with Crippen molar-refractivity contribution >= 4 is 37.1 Å². The van der Waals surface area contributed by atoms with Crippen LogP contribution in [0.4, 0.5) is 5.69 Å². The molecule has 2 N–H and O–H groups in total. The van der Waals surface area contributed by atoms with Crippen LogP contribution in [-0.4, -0.2) is 36.2 Å². The molecular weight excluding hydrogens is 386 g/mol. The smallest absolute Gasteiger partial charge is 0.271 e. The van der Waals surface area contributed by atoms with Gasteiger partial charge in [-0.15, -0.1) is 21.5 Å². The maximum Gasteiger partial charge on any atom is 0.271 e. The van der Waals surface area contributed by atoms with E-state index in [0.29, 0.717) is 28.4 Å². The van der Waals surface area contributed by atoms with E-state index >= 15 is 0 Å². The standard InChI is InChI=1S/C17H15N5O3S2/c1-10-14-9-13(25-2)6-7-15(14)26-17(10)27(23,24)20-12-5-3-4-11(8-12)16-18-21-22-19-16/h3-9,20H,1-2H3,(H,18,19,21,22). The Morgan fingerprint density at radius 2 is 2.04 bits per heavy atom. The number of hydrogen-bond acceptors (Lipinski definition) is 7. The Bertz CT molecular complexity index is 1220. The van der Waals surface area contributed by atoms with E-state index < -0.39 is 10.0 Å². The van der Waals surface area contributed by atoms with Gasteiger partial charge in [0.05, 0.1) is 7.11 Å². The molecule has 0 saturated heterocycles. The summed E-state index contributed by atoms with van der Waals surface area (Å²) in [6.45, 7) is 1.79. The Balaban J connectivity index is 1.71. The van der Waals surface area contributed by atoms with Crippen molar-refractivity contribution in [2.45, 2.75) is 11.1 Å². The van der Waals surface area contributed by atoms with Gasteiger partial charge >= 0.3 is 0 Å². The summed E-state index contributed by atoms with van der Waals surface area (Å²) in [7, 11) is -2.17. The van der Waals surface area contributed by atoms with Crippen LogP contribution in [0.5, 0.6) is 5.75 Å². The number of H-pyrrole nitrogens is 1. The van der Waals surface area contributed by atoms with Gasteiger partial charge in [0.25, 0.3) is 10.0 Å².